The third-order valence-corrected chi connectivity index (χ3v) is 3.84. The lowest BCUT2D eigenvalue weighted by molar-refractivity contribution is -0.0495. The van der Waals surface area contributed by atoms with Gasteiger partial charge in [-0.05, 0) is 38.8 Å². The zero-order valence-corrected chi connectivity index (χ0v) is 11.6. The minimum absolute atomic E-state index is 0.271. The zero-order valence-electron chi connectivity index (χ0n) is 11.6. The minimum atomic E-state index is 0.271. The quantitative estimate of drug-likeness (QED) is 0.598. The first-order chi connectivity index (χ1) is 7.69. The Kier molecular flexibility index (Phi) is 5.77. The van der Waals surface area contributed by atoms with Crippen molar-refractivity contribution in [3.8, 4) is 0 Å². The van der Waals surface area contributed by atoms with Crippen molar-refractivity contribution in [3.05, 3.63) is 0 Å². The molecule has 1 aliphatic carbocycles. The Hall–Kier alpha value is -0.0800. The molecule has 0 N–H and O–H groups in total. The summed E-state index contributed by atoms with van der Waals surface area (Å²) < 4.78 is 6.33. The van der Waals surface area contributed by atoms with Gasteiger partial charge in [0.05, 0.1) is 11.7 Å². The van der Waals surface area contributed by atoms with Crippen molar-refractivity contribution in [1.29, 1.82) is 0 Å². The molecule has 0 aromatic rings. The van der Waals surface area contributed by atoms with Crippen LogP contribution in [0.4, 0.5) is 0 Å². The molecule has 0 aromatic carbocycles. The lowest BCUT2D eigenvalue weighted by Gasteiger charge is -2.28. The molecule has 1 unspecified atom stereocenters. The van der Waals surface area contributed by atoms with Gasteiger partial charge in [0.2, 0.25) is 0 Å². The van der Waals surface area contributed by atoms with E-state index in [0.29, 0.717) is 6.10 Å². The Labute approximate surface area is 101 Å². The topological polar surface area (TPSA) is 12.5 Å². The van der Waals surface area contributed by atoms with E-state index in [4.69, 9.17) is 4.74 Å². The highest BCUT2D eigenvalue weighted by Crippen LogP contribution is 2.43. The summed E-state index contributed by atoms with van der Waals surface area (Å²) in [5, 5.41) is 0. The molecule has 0 spiro atoms. The lowest BCUT2D eigenvalue weighted by atomic mass is 10.1. The SMILES string of the molecule is CCCC(CN(CC)CC)OC1(CC)CC1. The van der Waals surface area contributed by atoms with Crippen molar-refractivity contribution < 1.29 is 4.74 Å². The highest BCUT2D eigenvalue weighted by atomic mass is 16.5. The van der Waals surface area contributed by atoms with Crippen molar-refractivity contribution in [2.24, 2.45) is 0 Å². The van der Waals surface area contributed by atoms with E-state index < -0.39 is 0 Å². The van der Waals surface area contributed by atoms with Crippen LogP contribution in [0.3, 0.4) is 0 Å². The molecule has 0 aliphatic heterocycles. The molecule has 2 nitrogen and oxygen atoms in total. The summed E-state index contributed by atoms with van der Waals surface area (Å²) in [5.74, 6) is 0. The van der Waals surface area contributed by atoms with Crippen LogP contribution in [0.25, 0.3) is 0 Å². The van der Waals surface area contributed by atoms with Gasteiger partial charge >= 0.3 is 0 Å². The van der Waals surface area contributed by atoms with Crippen LogP contribution in [-0.2, 0) is 4.74 Å². The first-order valence-electron chi connectivity index (χ1n) is 7.09. The van der Waals surface area contributed by atoms with Gasteiger partial charge < -0.3 is 9.64 Å². The van der Waals surface area contributed by atoms with Gasteiger partial charge in [0, 0.05) is 6.54 Å². The second-order valence-corrected chi connectivity index (χ2v) is 5.05. The molecule has 0 saturated heterocycles. The fraction of sp³-hybridized carbons (Fsp3) is 1.00. The molecular weight excluding hydrogens is 198 g/mol. The second-order valence-electron chi connectivity index (χ2n) is 5.05. The fourth-order valence-electron chi connectivity index (χ4n) is 2.33. The van der Waals surface area contributed by atoms with Crippen molar-refractivity contribution >= 4 is 0 Å². The average molecular weight is 227 g/mol. The number of ether oxygens (including phenoxy) is 1. The van der Waals surface area contributed by atoms with Crippen LogP contribution in [0.2, 0.25) is 0 Å². The molecule has 0 bridgehead atoms. The monoisotopic (exact) mass is 227 g/mol. The van der Waals surface area contributed by atoms with Crippen molar-refractivity contribution in [3.63, 3.8) is 0 Å². The maximum atomic E-state index is 6.33. The van der Waals surface area contributed by atoms with E-state index in [1.165, 1.54) is 32.1 Å². The van der Waals surface area contributed by atoms with Crippen LogP contribution >= 0.6 is 0 Å². The smallest absolute Gasteiger partial charge is 0.0709 e. The first kappa shape index (κ1) is 14.0. The van der Waals surface area contributed by atoms with Crippen molar-refractivity contribution in [2.45, 2.75) is 71.5 Å². The van der Waals surface area contributed by atoms with Gasteiger partial charge in [0.1, 0.15) is 0 Å². The summed E-state index contributed by atoms with van der Waals surface area (Å²) in [6, 6.07) is 0. The Morgan fingerprint density at radius 1 is 1.12 bits per heavy atom. The van der Waals surface area contributed by atoms with Crippen LogP contribution in [0.15, 0.2) is 0 Å². The van der Waals surface area contributed by atoms with Gasteiger partial charge in [0.25, 0.3) is 0 Å². The first-order valence-corrected chi connectivity index (χ1v) is 7.09. The predicted octanol–water partition coefficient (Wildman–Crippen LogP) is 3.46. The number of rotatable bonds is 9. The minimum Gasteiger partial charge on any atom is -0.370 e. The number of nitrogens with zero attached hydrogens (tertiary/aromatic N) is 1. The largest absolute Gasteiger partial charge is 0.370 e. The fourth-order valence-corrected chi connectivity index (χ4v) is 2.33. The van der Waals surface area contributed by atoms with Crippen molar-refractivity contribution in [1.82, 2.24) is 4.90 Å². The van der Waals surface area contributed by atoms with E-state index in [2.05, 4.69) is 32.6 Å². The van der Waals surface area contributed by atoms with Crippen LogP contribution in [0, 0.1) is 0 Å². The summed E-state index contributed by atoms with van der Waals surface area (Å²) in [5.41, 5.74) is 0.271. The normalized spacial score (nSPS) is 20.1. The number of hydrogen-bond acceptors (Lipinski definition) is 2. The zero-order chi connectivity index (χ0) is 12.0. The molecular formula is C14H29NO. The Morgan fingerprint density at radius 3 is 2.12 bits per heavy atom. The highest BCUT2D eigenvalue weighted by Gasteiger charge is 2.43. The highest BCUT2D eigenvalue weighted by molar-refractivity contribution is 4.95. The van der Waals surface area contributed by atoms with Crippen LogP contribution < -0.4 is 0 Å². The standard InChI is InChI=1S/C14H29NO/c1-5-9-13(12-15(7-3)8-4)16-14(6-2)10-11-14/h13H,5-12H2,1-4H3. The molecule has 0 amide bonds. The maximum absolute atomic E-state index is 6.33. The Bertz CT molecular complexity index is 185. The van der Waals surface area contributed by atoms with E-state index in [1.807, 2.05) is 0 Å². The molecule has 1 rings (SSSR count). The molecule has 1 saturated carbocycles. The lowest BCUT2D eigenvalue weighted by Crippen LogP contribution is -2.36. The molecule has 1 atom stereocenters. The summed E-state index contributed by atoms with van der Waals surface area (Å²) in [4.78, 5) is 2.48. The third kappa shape index (κ3) is 4.06. The second kappa shape index (κ2) is 6.61. The summed E-state index contributed by atoms with van der Waals surface area (Å²) in [6.07, 6.45) is 6.63. The molecule has 1 fully saturated rings. The van der Waals surface area contributed by atoms with E-state index >= 15 is 0 Å². The van der Waals surface area contributed by atoms with Gasteiger partial charge in [-0.3, -0.25) is 0 Å². The number of likely N-dealkylation sites (N-methyl/N-ethyl adjacent to an activating group) is 1. The third-order valence-electron chi connectivity index (χ3n) is 3.84. The van der Waals surface area contributed by atoms with E-state index in [9.17, 15) is 0 Å². The molecule has 96 valence electrons. The molecule has 0 radical (unpaired) electrons. The average Bonchev–Trinajstić information content (AvgIpc) is 3.06. The van der Waals surface area contributed by atoms with Gasteiger partial charge in [0.15, 0.2) is 0 Å². The van der Waals surface area contributed by atoms with Gasteiger partial charge in [-0.25, -0.2) is 0 Å². The van der Waals surface area contributed by atoms with E-state index in [0.717, 1.165) is 19.6 Å². The number of hydrogen-bond donors (Lipinski definition) is 0. The van der Waals surface area contributed by atoms with Gasteiger partial charge in [-0.15, -0.1) is 0 Å². The molecule has 0 aromatic heterocycles. The molecule has 2 heteroatoms. The van der Waals surface area contributed by atoms with Crippen LogP contribution in [-0.4, -0.2) is 36.2 Å². The summed E-state index contributed by atoms with van der Waals surface area (Å²) in [6.45, 7) is 12.4. The Balaban J connectivity index is 2.40. The van der Waals surface area contributed by atoms with Gasteiger partial charge in [-0.1, -0.05) is 34.1 Å². The van der Waals surface area contributed by atoms with Crippen LogP contribution in [0.1, 0.15) is 59.8 Å². The van der Waals surface area contributed by atoms with Gasteiger partial charge in [-0.2, -0.15) is 0 Å². The Morgan fingerprint density at radius 2 is 1.75 bits per heavy atom. The predicted molar refractivity (Wildman–Crippen MR) is 69.8 cm³/mol. The summed E-state index contributed by atoms with van der Waals surface area (Å²) >= 11 is 0. The summed E-state index contributed by atoms with van der Waals surface area (Å²) in [7, 11) is 0. The van der Waals surface area contributed by atoms with E-state index in [-0.39, 0.29) is 5.60 Å². The molecule has 1 aliphatic rings. The van der Waals surface area contributed by atoms with Crippen molar-refractivity contribution in [2.75, 3.05) is 19.6 Å². The molecule has 0 heterocycles. The van der Waals surface area contributed by atoms with Crippen LogP contribution in [0.5, 0.6) is 0 Å². The molecule has 16 heavy (non-hydrogen) atoms. The maximum Gasteiger partial charge on any atom is 0.0709 e. The van der Waals surface area contributed by atoms with E-state index in [1.54, 1.807) is 0 Å².